The number of amides is 6. The standard InChI is InChI=1S/C42H58N6O7S2/c1-9-17-29(33(50)36(52)43-25-31(49)45-32(37(53)47(7)8)27-18-12-10-13-19-27)44-35(51)30-24-42(56-22-16-23-57-42)26-48(30)38(54)34(40(2,3)4)46-39(55)41(5,6)28-20-14-11-15-21-28/h10-15,18-21,29-30,32,34H,9,16-17,22-26H2,1-8H3,(H,43,52)(H,44,51)(H,45,49)(H,46,55)/t29-,30+,32?,34-/m1/s1. The summed E-state index contributed by atoms with van der Waals surface area (Å²) in [4.78, 5) is 98.3. The molecule has 2 fully saturated rings. The summed E-state index contributed by atoms with van der Waals surface area (Å²) < 4.78 is -0.452. The molecular formula is C42H58N6O7S2. The number of ketones is 1. The van der Waals surface area contributed by atoms with Crippen molar-refractivity contribution in [2.45, 2.75) is 101 Å². The van der Waals surface area contributed by atoms with Crippen molar-refractivity contribution in [3.05, 3.63) is 71.8 Å². The van der Waals surface area contributed by atoms with Gasteiger partial charge in [0.2, 0.25) is 35.3 Å². The van der Waals surface area contributed by atoms with Gasteiger partial charge in [-0.2, -0.15) is 0 Å². The number of nitrogens with one attached hydrogen (secondary N) is 4. The van der Waals surface area contributed by atoms with Crippen molar-refractivity contribution in [3.63, 3.8) is 0 Å². The molecule has 2 aliphatic rings. The van der Waals surface area contributed by atoms with Crippen LogP contribution < -0.4 is 21.3 Å². The van der Waals surface area contributed by atoms with Crippen LogP contribution in [0.2, 0.25) is 0 Å². The molecule has 4 rings (SSSR count). The lowest BCUT2D eigenvalue weighted by atomic mass is 9.81. The summed E-state index contributed by atoms with van der Waals surface area (Å²) >= 11 is 3.43. The van der Waals surface area contributed by atoms with Crippen LogP contribution in [0, 0.1) is 5.41 Å². The maximum absolute atomic E-state index is 14.7. The van der Waals surface area contributed by atoms with Crippen LogP contribution in [-0.2, 0) is 39.0 Å². The highest BCUT2D eigenvalue weighted by atomic mass is 32.2. The van der Waals surface area contributed by atoms with Crippen LogP contribution in [0.25, 0.3) is 0 Å². The fourth-order valence-electron chi connectivity index (χ4n) is 6.88. The zero-order chi connectivity index (χ0) is 42.1. The number of hydrogen-bond donors (Lipinski definition) is 4. The fraction of sp³-hybridized carbons (Fsp3) is 0.548. The summed E-state index contributed by atoms with van der Waals surface area (Å²) in [6.45, 7) is 10.7. The van der Waals surface area contributed by atoms with Gasteiger partial charge in [-0.1, -0.05) is 94.8 Å². The second kappa shape index (κ2) is 19.4. The van der Waals surface area contributed by atoms with Gasteiger partial charge in [-0.15, -0.1) is 23.5 Å². The molecule has 2 aromatic rings. The van der Waals surface area contributed by atoms with Gasteiger partial charge in [-0.3, -0.25) is 33.6 Å². The number of benzene rings is 2. The van der Waals surface area contributed by atoms with Crippen LogP contribution in [-0.4, -0.2) is 112 Å². The van der Waals surface area contributed by atoms with Crippen molar-refractivity contribution in [1.29, 1.82) is 0 Å². The Morgan fingerprint density at radius 2 is 1.46 bits per heavy atom. The van der Waals surface area contributed by atoms with Gasteiger partial charge in [0.25, 0.3) is 5.91 Å². The van der Waals surface area contributed by atoms with E-state index in [9.17, 15) is 33.6 Å². The average Bonchev–Trinajstić information content (AvgIpc) is 3.55. The molecule has 1 unspecified atom stereocenters. The van der Waals surface area contributed by atoms with E-state index in [4.69, 9.17) is 0 Å². The molecule has 2 heterocycles. The molecule has 310 valence electrons. The summed E-state index contributed by atoms with van der Waals surface area (Å²) in [6.07, 6.45) is 1.92. The van der Waals surface area contributed by atoms with Gasteiger partial charge >= 0.3 is 0 Å². The van der Waals surface area contributed by atoms with Crippen molar-refractivity contribution >= 4 is 64.8 Å². The molecule has 6 amide bonds. The number of thioether (sulfide) groups is 2. The topological polar surface area (TPSA) is 174 Å². The second-order valence-electron chi connectivity index (χ2n) is 16.5. The van der Waals surface area contributed by atoms with E-state index in [1.165, 1.54) is 4.90 Å². The first kappa shape index (κ1) is 45.3. The van der Waals surface area contributed by atoms with Crippen molar-refractivity contribution in [2.24, 2.45) is 5.41 Å². The SMILES string of the molecule is CCC[C@@H](NC(=O)[C@@H]1CC2(CN1C(=O)[C@@H](NC(=O)C(C)(C)c1ccccc1)C(C)(C)C)SCCCS2)C(=O)C(=O)NCC(=O)NC(C(=O)N(C)C)c1ccccc1. The number of rotatable bonds is 15. The van der Waals surface area contributed by atoms with Crippen molar-refractivity contribution in [2.75, 3.05) is 38.7 Å². The quantitative estimate of drug-likeness (QED) is 0.196. The highest BCUT2D eigenvalue weighted by Gasteiger charge is 2.53. The minimum Gasteiger partial charge on any atom is -0.347 e. The third kappa shape index (κ3) is 11.4. The lowest BCUT2D eigenvalue weighted by Crippen LogP contribution is -2.60. The molecule has 13 nitrogen and oxygen atoms in total. The first-order valence-corrected chi connectivity index (χ1v) is 21.4. The first-order chi connectivity index (χ1) is 26.8. The molecule has 4 atom stereocenters. The molecule has 57 heavy (non-hydrogen) atoms. The lowest BCUT2D eigenvalue weighted by Gasteiger charge is -2.38. The highest BCUT2D eigenvalue weighted by Crippen LogP contribution is 2.50. The summed E-state index contributed by atoms with van der Waals surface area (Å²) in [6, 6.07) is 13.8. The summed E-state index contributed by atoms with van der Waals surface area (Å²) in [7, 11) is 3.13. The molecule has 2 saturated heterocycles. The van der Waals surface area contributed by atoms with Crippen molar-refractivity contribution in [1.82, 2.24) is 31.1 Å². The van der Waals surface area contributed by atoms with Crippen LogP contribution in [0.5, 0.6) is 0 Å². The largest absolute Gasteiger partial charge is 0.347 e. The Kier molecular flexibility index (Phi) is 15.4. The molecule has 0 bridgehead atoms. The summed E-state index contributed by atoms with van der Waals surface area (Å²) in [5, 5.41) is 10.8. The van der Waals surface area contributed by atoms with Crippen molar-refractivity contribution < 1.29 is 33.6 Å². The molecular weight excluding hydrogens is 765 g/mol. The van der Waals surface area contributed by atoms with Gasteiger partial charge in [-0.05, 0) is 54.7 Å². The van der Waals surface area contributed by atoms with Gasteiger partial charge in [0, 0.05) is 27.1 Å². The number of likely N-dealkylation sites (N-methyl/N-ethyl adjacent to an activating group) is 1. The van der Waals surface area contributed by atoms with E-state index in [1.807, 2.05) is 58.0 Å². The molecule has 0 aliphatic carbocycles. The third-order valence-electron chi connectivity index (χ3n) is 10.3. The maximum Gasteiger partial charge on any atom is 0.290 e. The molecule has 4 N–H and O–H groups in total. The minimum absolute atomic E-state index is 0.141. The van der Waals surface area contributed by atoms with Crippen LogP contribution >= 0.6 is 23.5 Å². The molecule has 1 spiro atoms. The van der Waals surface area contributed by atoms with Crippen molar-refractivity contribution in [3.8, 4) is 0 Å². The smallest absolute Gasteiger partial charge is 0.290 e. The van der Waals surface area contributed by atoms with E-state index in [0.29, 0.717) is 18.4 Å². The Morgan fingerprint density at radius 3 is 2.02 bits per heavy atom. The Balaban J connectivity index is 1.50. The van der Waals surface area contributed by atoms with E-state index < -0.39 is 75.0 Å². The van der Waals surface area contributed by atoms with E-state index in [-0.39, 0.29) is 24.8 Å². The van der Waals surface area contributed by atoms with Crippen LogP contribution in [0.15, 0.2) is 60.7 Å². The first-order valence-electron chi connectivity index (χ1n) is 19.4. The lowest BCUT2D eigenvalue weighted by molar-refractivity contribution is -0.145. The van der Waals surface area contributed by atoms with Crippen LogP contribution in [0.1, 0.15) is 84.4 Å². The number of hydrogen-bond acceptors (Lipinski definition) is 9. The third-order valence-corrected chi connectivity index (χ3v) is 13.7. The molecule has 0 radical (unpaired) electrons. The van der Waals surface area contributed by atoms with Gasteiger partial charge in [0.05, 0.1) is 22.1 Å². The van der Waals surface area contributed by atoms with Gasteiger partial charge in [0.15, 0.2) is 0 Å². The predicted octanol–water partition coefficient (Wildman–Crippen LogP) is 3.58. The summed E-state index contributed by atoms with van der Waals surface area (Å²) in [5.74, 6) is -2.61. The van der Waals surface area contributed by atoms with Gasteiger partial charge < -0.3 is 31.1 Å². The Hall–Kier alpha value is -4.37. The monoisotopic (exact) mass is 822 g/mol. The van der Waals surface area contributed by atoms with E-state index >= 15 is 0 Å². The van der Waals surface area contributed by atoms with E-state index in [0.717, 1.165) is 23.5 Å². The Labute approximate surface area is 345 Å². The summed E-state index contributed by atoms with van der Waals surface area (Å²) in [5.41, 5.74) is -0.335. The van der Waals surface area contributed by atoms with Crippen LogP contribution in [0.3, 0.4) is 0 Å². The Bertz CT molecular complexity index is 1780. The number of carbonyl (C=O) groups is 7. The van der Waals surface area contributed by atoms with Crippen LogP contribution in [0.4, 0.5) is 0 Å². The zero-order valence-electron chi connectivity index (χ0n) is 34.3. The number of carbonyl (C=O) groups excluding carboxylic acids is 7. The average molecular weight is 823 g/mol. The molecule has 0 saturated carbocycles. The maximum atomic E-state index is 14.7. The molecule has 2 aromatic carbocycles. The number of nitrogens with zero attached hydrogens (tertiary/aromatic N) is 2. The Morgan fingerprint density at radius 1 is 0.860 bits per heavy atom. The molecule has 0 aromatic heterocycles. The number of Topliss-reactive ketones (excluding diaryl/α,β-unsaturated/α-hetero) is 1. The van der Waals surface area contributed by atoms with E-state index in [2.05, 4.69) is 21.3 Å². The van der Waals surface area contributed by atoms with E-state index in [1.54, 1.807) is 86.7 Å². The second-order valence-corrected chi connectivity index (χ2v) is 19.7. The normalized spacial score (nSPS) is 18.1. The molecule has 15 heteroatoms. The van der Waals surface area contributed by atoms with Gasteiger partial charge in [0.1, 0.15) is 18.1 Å². The highest BCUT2D eigenvalue weighted by molar-refractivity contribution is 8.18. The zero-order valence-corrected chi connectivity index (χ0v) is 35.9. The van der Waals surface area contributed by atoms with Gasteiger partial charge in [-0.25, -0.2) is 0 Å². The minimum atomic E-state index is -1.22. The fourth-order valence-corrected chi connectivity index (χ4v) is 10.2. The number of likely N-dealkylation sites (tertiary alicyclic amines) is 1. The molecule has 2 aliphatic heterocycles. The predicted molar refractivity (Wildman–Crippen MR) is 224 cm³/mol.